The first-order chi connectivity index (χ1) is 44.9. The van der Waals surface area contributed by atoms with Crippen molar-refractivity contribution < 1.29 is 80.2 Å². The minimum Gasteiger partial charge on any atom is -0.462 e. The van der Waals surface area contributed by atoms with Gasteiger partial charge in [-0.05, 0) is 37.5 Å². The van der Waals surface area contributed by atoms with Gasteiger partial charge in [0.05, 0.1) is 26.4 Å². The van der Waals surface area contributed by atoms with Crippen molar-refractivity contribution in [1.82, 2.24) is 0 Å². The van der Waals surface area contributed by atoms with Crippen LogP contribution in [0.25, 0.3) is 0 Å². The summed E-state index contributed by atoms with van der Waals surface area (Å²) in [4.78, 5) is 72.6. The van der Waals surface area contributed by atoms with Gasteiger partial charge in [0.2, 0.25) is 0 Å². The van der Waals surface area contributed by atoms with Crippen LogP contribution < -0.4 is 0 Å². The molecule has 0 amide bonds. The zero-order valence-electron chi connectivity index (χ0n) is 60.6. The van der Waals surface area contributed by atoms with E-state index in [-0.39, 0.29) is 25.7 Å². The number of phosphoric ester groups is 2. The molecule has 0 rings (SSSR count). The Hall–Kier alpha value is -1.94. The van der Waals surface area contributed by atoms with Gasteiger partial charge in [-0.25, -0.2) is 9.13 Å². The predicted molar refractivity (Wildman–Crippen MR) is 377 cm³/mol. The van der Waals surface area contributed by atoms with E-state index in [0.717, 1.165) is 115 Å². The van der Waals surface area contributed by atoms with Crippen LogP contribution in [0.4, 0.5) is 0 Å². The van der Waals surface area contributed by atoms with E-state index >= 15 is 0 Å². The van der Waals surface area contributed by atoms with Crippen molar-refractivity contribution in [2.24, 2.45) is 11.8 Å². The molecule has 93 heavy (non-hydrogen) atoms. The van der Waals surface area contributed by atoms with Gasteiger partial charge in [-0.15, -0.1) is 0 Å². The molecule has 552 valence electrons. The highest BCUT2D eigenvalue weighted by atomic mass is 31.2. The van der Waals surface area contributed by atoms with E-state index in [9.17, 15) is 43.2 Å². The van der Waals surface area contributed by atoms with Crippen LogP contribution in [0.1, 0.15) is 382 Å². The Balaban J connectivity index is 5.20. The number of esters is 4. The van der Waals surface area contributed by atoms with Gasteiger partial charge >= 0.3 is 39.5 Å². The fraction of sp³-hybridized carbons (Fsp3) is 0.946. The molecule has 5 atom stereocenters. The van der Waals surface area contributed by atoms with Crippen molar-refractivity contribution in [1.29, 1.82) is 0 Å². The molecule has 0 aliphatic heterocycles. The lowest BCUT2D eigenvalue weighted by Crippen LogP contribution is -2.30. The number of rotatable bonds is 73. The van der Waals surface area contributed by atoms with Gasteiger partial charge in [0, 0.05) is 25.7 Å². The summed E-state index contributed by atoms with van der Waals surface area (Å²) < 4.78 is 68.4. The molecule has 0 saturated carbocycles. The van der Waals surface area contributed by atoms with Crippen molar-refractivity contribution in [3.63, 3.8) is 0 Å². The van der Waals surface area contributed by atoms with E-state index in [1.165, 1.54) is 186 Å². The Morgan fingerprint density at radius 1 is 0.290 bits per heavy atom. The van der Waals surface area contributed by atoms with Crippen molar-refractivity contribution in [2.45, 2.75) is 400 Å². The number of hydrogen-bond acceptors (Lipinski definition) is 15. The van der Waals surface area contributed by atoms with Crippen LogP contribution in [0.5, 0.6) is 0 Å². The highest BCUT2D eigenvalue weighted by molar-refractivity contribution is 7.47. The standard InChI is InChI=1S/C74H144O17P2/c1-7-9-11-13-15-16-17-18-23-29-34-40-46-52-58-73(78)90-69(62-84-71(76)56-50-44-36-14-12-10-8-2)64-88-92(80,81)86-60-68(75)61-87-93(82,83)89-65-70(91-74(79)59-53-47-41-35-30-25-20-22-27-32-38-43-49-55-67(5)6)63-85-72(77)57-51-45-39-33-28-24-19-21-26-31-37-42-48-54-66(3)4/h66-70,75H,7-65H2,1-6H3,(H,80,81)(H,82,83)/t68-,69+,70+/m0/s1. The van der Waals surface area contributed by atoms with Crippen molar-refractivity contribution in [2.75, 3.05) is 39.6 Å². The monoisotopic (exact) mass is 1370 g/mol. The zero-order valence-corrected chi connectivity index (χ0v) is 62.3. The number of hydrogen-bond donors (Lipinski definition) is 3. The molecule has 0 saturated heterocycles. The minimum absolute atomic E-state index is 0.107. The molecular formula is C74H144O17P2. The normalized spacial score (nSPS) is 14.1. The highest BCUT2D eigenvalue weighted by Crippen LogP contribution is 2.45. The maximum atomic E-state index is 13.1. The molecule has 3 N–H and O–H groups in total. The minimum atomic E-state index is -4.95. The molecule has 0 aromatic rings. The summed E-state index contributed by atoms with van der Waals surface area (Å²) in [6.07, 6.45) is 52.7. The molecule has 0 bridgehead atoms. The van der Waals surface area contributed by atoms with Crippen molar-refractivity contribution in [3.05, 3.63) is 0 Å². The van der Waals surface area contributed by atoms with Crippen LogP contribution in [0.2, 0.25) is 0 Å². The van der Waals surface area contributed by atoms with Crippen LogP contribution in [0.3, 0.4) is 0 Å². The lowest BCUT2D eigenvalue weighted by atomic mass is 10.0. The third-order valence-electron chi connectivity index (χ3n) is 17.2. The summed E-state index contributed by atoms with van der Waals surface area (Å²) in [7, 11) is -9.90. The summed E-state index contributed by atoms with van der Waals surface area (Å²) >= 11 is 0. The van der Waals surface area contributed by atoms with Gasteiger partial charge < -0.3 is 33.8 Å². The maximum Gasteiger partial charge on any atom is 0.472 e. The zero-order chi connectivity index (χ0) is 68.6. The molecule has 17 nitrogen and oxygen atoms in total. The third kappa shape index (κ3) is 68.4. The molecule has 0 fully saturated rings. The third-order valence-corrected chi connectivity index (χ3v) is 19.1. The molecule has 0 aromatic carbocycles. The Morgan fingerprint density at radius 3 is 0.731 bits per heavy atom. The van der Waals surface area contributed by atoms with Crippen molar-refractivity contribution >= 4 is 39.5 Å². The average Bonchev–Trinajstić information content (AvgIpc) is 3.70. The van der Waals surface area contributed by atoms with Gasteiger partial charge in [0.1, 0.15) is 19.3 Å². The molecule has 0 aromatic heterocycles. The van der Waals surface area contributed by atoms with Gasteiger partial charge in [-0.3, -0.25) is 37.3 Å². The van der Waals surface area contributed by atoms with E-state index in [0.29, 0.717) is 25.7 Å². The van der Waals surface area contributed by atoms with E-state index in [1.807, 2.05) is 0 Å². The second kappa shape index (κ2) is 66.0. The Labute approximate surface area is 568 Å². The fourth-order valence-electron chi connectivity index (χ4n) is 11.3. The quantitative estimate of drug-likeness (QED) is 0.0222. The van der Waals surface area contributed by atoms with Crippen molar-refractivity contribution in [3.8, 4) is 0 Å². The van der Waals surface area contributed by atoms with E-state index in [2.05, 4.69) is 41.5 Å². The average molecular weight is 1370 g/mol. The summed E-state index contributed by atoms with van der Waals surface area (Å²) in [6, 6.07) is 0. The molecule has 0 radical (unpaired) electrons. The van der Waals surface area contributed by atoms with Crippen LogP contribution >= 0.6 is 15.6 Å². The molecule has 19 heteroatoms. The second-order valence-electron chi connectivity index (χ2n) is 27.6. The van der Waals surface area contributed by atoms with Crippen LogP contribution in [-0.4, -0.2) is 96.7 Å². The lowest BCUT2D eigenvalue weighted by Gasteiger charge is -2.21. The first-order valence-electron chi connectivity index (χ1n) is 38.5. The SMILES string of the molecule is CCCCCCCCCCCCCCCCC(=O)O[C@H](COC(=O)CCCCCCCCC)COP(=O)(O)OC[C@H](O)COP(=O)(O)OC[C@@H](COC(=O)CCCCCCCCCCCCCCCC(C)C)OC(=O)CCCCCCCCCCCCCCCC(C)C. The number of aliphatic hydroxyl groups excluding tert-OH is 1. The summed E-state index contributed by atoms with van der Waals surface area (Å²) in [5, 5.41) is 10.6. The number of aliphatic hydroxyl groups is 1. The Morgan fingerprint density at radius 2 is 0.495 bits per heavy atom. The summed E-state index contributed by atoms with van der Waals surface area (Å²) in [5.74, 6) is -0.543. The summed E-state index contributed by atoms with van der Waals surface area (Å²) in [5.41, 5.74) is 0. The molecule has 0 aliphatic rings. The number of unbranched alkanes of at least 4 members (excludes halogenated alkanes) is 43. The van der Waals surface area contributed by atoms with Gasteiger partial charge in [0.15, 0.2) is 12.2 Å². The van der Waals surface area contributed by atoms with E-state index in [4.69, 9.17) is 37.0 Å². The Bertz CT molecular complexity index is 1800. The first-order valence-corrected chi connectivity index (χ1v) is 41.5. The predicted octanol–water partition coefficient (Wildman–Crippen LogP) is 21.6. The Kier molecular flexibility index (Phi) is 64.6. The topological polar surface area (TPSA) is 237 Å². The van der Waals surface area contributed by atoms with Crippen LogP contribution in [0.15, 0.2) is 0 Å². The number of phosphoric acid groups is 2. The molecule has 0 aliphatic carbocycles. The molecule has 0 spiro atoms. The molecule has 2 unspecified atom stereocenters. The van der Waals surface area contributed by atoms with Crippen LogP contribution in [-0.2, 0) is 65.4 Å². The number of ether oxygens (including phenoxy) is 4. The summed E-state index contributed by atoms with van der Waals surface area (Å²) in [6.45, 7) is 9.58. The van der Waals surface area contributed by atoms with Gasteiger partial charge in [0.25, 0.3) is 0 Å². The number of carbonyl (C=O) groups is 4. The largest absolute Gasteiger partial charge is 0.472 e. The maximum absolute atomic E-state index is 13.1. The highest BCUT2D eigenvalue weighted by Gasteiger charge is 2.30. The lowest BCUT2D eigenvalue weighted by molar-refractivity contribution is -0.161. The molecular weight excluding hydrogens is 1220 g/mol. The fourth-order valence-corrected chi connectivity index (χ4v) is 12.9. The van der Waals surface area contributed by atoms with E-state index < -0.39 is 97.5 Å². The van der Waals surface area contributed by atoms with Gasteiger partial charge in [-0.1, -0.05) is 330 Å². The first kappa shape index (κ1) is 91.1. The number of carbonyl (C=O) groups excluding carboxylic acids is 4. The smallest absolute Gasteiger partial charge is 0.462 e. The van der Waals surface area contributed by atoms with Crippen LogP contribution in [0, 0.1) is 11.8 Å². The van der Waals surface area contributed by atoms with Gasteiger partial charge in [-0.2, -0.15) is 0 Å². The molecule has 0 heterocycles. The second-order valence-corrected chi connectivity index (χ2v) is 30.5. The van der Waals surface area contributed by atoms with E-state index in [1.54, 1.807) is 0 Å².